The first kappa shape index (κ1) is 14.1. The molecule has 1 atom stereocenters. The van der Waals surface area contributed by atoms with E-state index in [1.807, 2.05) is 12.4 Å². The summed E-state index contributed by atoms with van der Waals surface area (Å²) in [6.07, 6.45) is 6.93. The molecular formula is C14H24N2O. The van der Waals surface area contributed by atoms with E-state index in [0.717, 1.165) is 39.0 Å². The molecule has 0 saturated carbocycles. The maximum Gasteiger partial charge on any atom is 0.0622 e. The monoisotopic (exact) mass is 236 g/mol. The fourth-order valence-corrected chi connectivity index (χ4v) is 1.71. The summed E-state index contributed by atoms with van der Waals surface area (Å²) >= 11 is 0. The Morgan fingerprint density at radius 1 is 1.24 bits per heavy atom. The van der Waals surface area contributed by atoms with Crippen molar-refractivity contribution in [1.82, 2.24) is 10.3 Å². The Morgan fingerprint density at radius 2 is 2.00 bits per heavy atom. The van der Waals surface area contributed by atoms with Crippen LogP contribution in [0.4, 0.5) is 0 Å². The van der Waals surface area contributed by atoms with E-state index in [0.29, 0.717) is 6.04 Å². The van der Waals surface area contributed by atoms with Crippen molar-refractivity contribution >= 4 is 0 Å². The van der Waals surface area contributed by atoms with Crippen LogP contribution in [0.3, 0.4) is 0 Å². The molecule has 3 heteroatoms. The molecule has 0 bridgehead atoms. The molecule has 1 N–H and O–H groups in total. The summed E-state index contributed by atoms with van der Waals surface area (Å²) in [6, 6.07) is 4.55. The molecule has 96 valence electrons. The van der Waals surface area contributed by atoms with Crippen molar-refractivity contribution in [3.63, 3.8) is 0 Å². The van der Waals surface area contributed by atoms with E-state index in [9.17, 15) is 0 Å². The molecule has 0 saturated heterocycles. The molecule has 17 heavy (non-hydrogen) atoms. The third-order valence-electron chi connectivity index (χ3n) is 2.58. The summed E-state index contributed by atoms with van der Waals surface area (Å²) in [5.74, 6) is 0. The topological polar surface area (TPSA) is 34.1 Å². The zero-order chi connectivity index (χ0) is 12.3. The molecule has 0 radical (unpaired) electrons. The van der Waals surface area contributed by atoms with E-state index >= 15 is 0 Å². The van der Waals surface area contributed by atoms with Crippen molar-refractivity contribution in [2.45, 2.75) is 39.2 Å². The van der Waals surface area contributed by atoms with Crippen LogP contribution in [0, 0.1) is 0 Å². The molecule has 3 nitrogen and oxygen atoms in total. The second-order valence-electron chi connectivity index (χ2n) is 4.29. The van der Waals surface area contributed by atoms with Gasteiger partial charge in [0.15, 0.2) is 0 Å². The lowest BCUT2D eigenvalue weighted by Crippen LogP contribution is -2.36. The Labute approximate surface area is 105 Å². The lowest BCUT2D eigenvalue weighted by molar-refractivity contribution is 0.111. The summed E-state index contributed by atoms with van der Waals surface area (Å²) in [6.45, 7) is 7.00. The van der Waals surface area contributed by atoms with Gasteiger partial charge in [0.1, 0.15) is 0 Å². The maximum atomic E-state index is 5.64. The molecule has 0 fully saturated rings. The fourth-order valence-electron chi connectivity index (χ4n) is 1.71. The Bertz CT molecular complexity index is 277. The highest BCUT2D eigenvalue weighted by Gasteiger charge is 2.08. The molecule has 0 spiro atoms. The maximum absolute atomic E-state index is 5.64. The van der Waals surface area contributed by atoms with Gasteiger partial charge in [-0.2, -0.15) is 0 Å². The standard InChI is InChI=1S/C14H24N2O/c1-3-7-16-14(12-17-10-4-2)11-13-5-8-15-9-6-13/h5-6,8-9,14,16H,3-4,7,10-12H2,1-2H3. The number of ether oxygens (including phenoxy) is 1. The van der Waals surface area contributed by atoms with Gasteiger partial charge in [-0.3, -0.25) is 4.98 Å². The summed E-state index contributed by atoms with van der Waals surface area (Å²) in [7, 11) is 0. The molecule has 0 aromatic carbocycles. The Hall–Kier alpha value is -0.930. The summed E-state index contributed by atoms with van der Waals surface area (Å²) in [4.78, 5) is 4.04. The number of aromatic nitrogens is 1. The van der Waals surface area contributed by atoms with Crippen molar-refractivity contribution < 1.29 is 4.74 Å². The van der Waals surface area contributed by atoms with Crippen molar-refractivity contribution in [2.75, 3.05) is 19.8 Å². The number of pyridine rings is 1. The quantitative estimate of drug-likeness (QED) is 0.669. The number of hydrogen-bond acceptors (Lipinski definition) is 3. The average molecular weight is 236 g/mol. The van der Waals surface area contributed by atoms with Crippen LogP contribution in [-0.2, 0) is 11.2 Å². The fraction of sp³-hybridized carbons (Fsp3) is 0.643. The number of nitrogens with one attached hydrogen (secondary N) is 1. The lowest BCUT2D eigenvalue weighted by Gasteiger charge is -2.18. The summed E-state index contributed by atoms with van der Waals surface area (Å²) < 4.78 is 5.64. The smallest absolute Gasteiger partial charge is 0.0622 e. The van der Waals surface area contributed by atoms with Gasteiger partial charge in [0.05, 0.1) is 6.61 Å². The van der Waals surface area contributed by atoms with E-state index in [4.69, 9.17) is 4.74 Å². The largest absolute Gasteiger partial charge is 0.380 e. The molecule has 1 aromatic heterocycles. The van der Waals surface area contributed by atoms with E-state index in [-0.39, 0.29) is 0 Å². The van der Waals surface area contributed by atoms with Gasteiger partial charge in [-0.1, -0.05) is 13.8 Å². The highest BCUT2D eigenvalue weighted by Crippen LogP contribution is 2.03. The van der Waals surface area contributed by atoms with Crippen LogP contribution in [0.1, 0.15) is 32.3 Å². The Morgan fingerprint density at radius 3 is 2.65 bits per heavy atom. The zero-order valence-corrected chi connectivity index (χ0v) is 11.0. The third kappa shape index (κ3) is 6.39. The van der Waals surface area contributed by atoms with Crippen molar-refractivity contribution in [2.24, 2.45) is 0 Å². The molecule has 0 aliphatic rings. The van der Waals surface area contributed by atoms with Crippen LogP contribution in [-0.4, -0.2) is 30.8 Å². The highest BCUT2D eigenvalue weighted by molar-refractivity contribution is 5.11. The Kier molecular flexibility index (Phi) is 7.60. The zero-order valence-electron chi connectivity index (χ0n) is 11.0. The average Bonchev–Trinajstić information content (AvgIpc) is 2.37. The van der Waals surface area contributed by atoms with E-state index < -0.39 is 0 Å². The minimum atomic E-state index is 0.406. The molecular weight excluding hydrogens is 212 g/mol. The molecule has 0 aliphatic carbocycles. The first-order valence-corrected chi connectivity index (χ1v) is 6.56. The molecule has 1 aromatic rings. The van der Waals surface area contributed by atoms with Crippen LogP contribution in [0.2, 0.25) is 0 Å². The molecule has 1 rings (SSSR count). The van der Waals surface area contributed by atoms with Gasteiger partial charge < -0.3 is 10.1 Å². The predicted octanol–water partition coefficient (Wildman–Crippen LogP) is 2.42. The van der Waals surface area contributed by atoms with Crippen LogP contribution in [0.15, 0.2) is 24.5 Å². The summed E-state index contributed by atoms with van der Waals surface area (Å²) in [5.41, 5.74) is 1.31. The number of hydrogen-bond donors (Lipinski definition) is 1. The second kappa shape index (κ2) is 9.14. The van der Waals surface area contributed by atoms with Gasteiger partial charge >= 0.3 is 0 Å². The molecule has 1 unspecified atom stereocenters. The Balaban J connectivity index is 2.39. The third-order valence-corrected chi connectivity index (χ3v) is 2.58. The van der Waals surface area contributed by atoms with E-state index in [1.54, 1.807) is 0 Å². The van der Waals surface area contributed by atoms with Gasteiger partial charge in [-0.25, -0.2) is 0 Å². The summed E-state index contributed by atoms with van der Waals surface area (Å²) in [5, 5.41) is 3.53. The van der Waals surface area contributed by atoms with Crippen molar-refractivity contribution in [1.29, 1.82) is 0 Å². The molecule has 1 heterocycles. The van der Waals surface area contributed by atoms with Gasteiger partial charge in [0.25, 0.3) is 0 Å². The number of rotatable bonds is 9. The van der Waals surface area contributed by atoms with E-state index in [2.05, 4.69) is 36.3 Å². The normalized spacial score (nSPS) is 12.6. The van der Waals surface area contributed by atoms with E-state index in [1.165, 1.54) is 5.56 Å². The van der Waals surface area contributed by atoms with Crippen LogP contribution in [0.25, 0.3) is 0 Å². The van der Waals surface area contributed by atoms with Gasteiger partial charge in [0.2, 0.25) is 0 Å². The minimum Gasteiger partial charge on any atom is -0.380 e. The van der Waals surface area contributed by atoms with Crippen molar-refractivity contribution in [3.05, 3.63) is 30.1 Å². The SMILES string of the molecule is CCCNC(COCCC)Cc1ccncc1. The lowest BCUT2D eigenvalue weighted by atomic mass is 10.1. The first-order chi connectivity index (χ1) is 8.36. The van der Waals surface area contributed by atoms with Gasteiger partial charge in [0, 0.05) is 25.0 Å². The van der Waals surface area contributed by atoms with Crippen LogP contribution >= 0.6 is 0 Å². The molecule has 0 amide bonds. The second-order valence-corrected chi connectivity index (χ2v) is 4.29. The van der Waals surface area contributed by atoms with Gasteiger partial charge in [-0.15, -0.1) is 0 Å². The van der Waals surface area contributed by atoms with Crippen LogP contribution in [0.5, 0.6) is 0 Å². The predicted molar refractivity (Wildman–Crippen MR) is 71.1 cm³/mol. The number of nitrogens with zero attached hydrogens (tertiary/aromatic N) is 1. The van der Waals surface area contributed by atoms with Crippen molar-refractivity contribution in [3.8, 4) is 0 Å². The molecule has 0 aliphatic heterocycles. The van der Waals surface area contributed by atoms with Crippen LogP contribution < -0.4 is 5.32 Å². The highest BCUT2D eigenvalue weighted by atomic mass is 16.5. The minimum absolute atomic E-state index is 0.406. The first-order valence-electron chi connectivity index (χ1n) is 6.56. The van der Waals surface area contributed by atoms with Gasteiger partial charge in [-0.05, 0) is 43.5 Å².